The van der Waals surface area contributed by atoms with Crippen LogP contribution in [0.5, 0.6) is 5.88 Å². The van der Waals surface area contributed by atoms with Gasteiger partial charge in [-0.05, 0) is 16.8 Å². The first kappa shape index (κ1) is 15.7. The number of H-pyrrole nitrogens is 1. The van der Waals surface area contributed by atoms with E-state index < -0.39 is 0 Å². The number of azo groups is 1. The third kappa shape index (κ3) is 3.11. The van der Waals surface area contributed by atoms with Crippen LogP contribution in [0.1, 0.15) is 0 Å². The van der Waals surface area contributed by atoms with Crippen molar-refractivity contribution >= 4 is 33.3 Å². The fourth-order valence-electron chi connectivity index (χ4n) is 3.12. The highest BCUT2D eigenvalue weighted by atomic mass is 16.5. The first-order chi connectivity index (χ1) is 12.2. The van der Waals surface area contributed by atoms with Gasteiger partial charge in [-0.25, -0.2) is 0 Å². The number of nitrogens with zero attached hydrogens (tertiary/aromatic N) is 3. The zero-order valence-electron chi connectivity index (χ0n) is 13.6. The molecule has 0 radical (unpaired) electrons. The minimum absolute atomic E-state index is 0.0886. The summed E-state index contributed by atoms with van der Waals surface area (Å²) in [4.78, 5) is 17.0. The van der Waals surface area contributed by atoms with E-state index in [4.69, 9.17) is 4.74 Å². The van der Waals surface area contributed by atoms with E-state index in [1.165, 1.54) is 0 Å². The van der Waals surface area contributed by atoms with Crippen molar-refractivity contribution in [2.75, 3.05) is 32.8 Å². The Kier molecular flexibility index (Phi) is 4.17. The molecule has 1 fully saturated rings. The van der Waals surface area contributed by atoms with Crippen molar-refractivity contribution in [3.8, 4) is 5.88 Å². The summed E-state index contributed by atoms with van der Waals surface area (Å²) in [5, 5.41) is 20.8. The number of ether oxygens (including phenoxy) is 1. The smallest absolute Gasteiger partial charge is 0.278 e. The topological polar surface area (TPSA) is 90.3 Å². The Morgan fingerprint density at radius 2 is 2.00 bits per heavy atom. The van der Waals surface area contributed by atoms with E-state index in [9.17, 15) is 9.90 Å². The Labute approximate surface area is 143 Å². The van der Waals surface area contributed by atoms with Crippen LogP contribution in [-0.2, 0) is 9.53 Å². The summed E-state index contributed by atoms with van der Waals surface area (Å²) in [6, 6.07) is 11.7. The summed E-state index contributed by atoms with van der Waals surface area (Å²) < 4.78 is 5.26. The summed E-state index contributed by atoms with van der Waals surface area (Å²) in [5.41, 5.74) is 1.05. The zero-order valence-corrected chi connectivity index (χ0v) is 13.6. The van der Waals surface area contributed by atoms with Gasteiger partial charge >= 0.3 is 0 Å². The second kappa shape index (κ2) is 6.62. The highest BCUT2D eigenvalue weighted by Crippen LogP contribution is 2.39. The summed E-state index contributed by atoms with van der Waals surface area (Å²) in [6.07, 6.45) is 0. The highest BCUT2D eigenvalue weighted by molar-refractivity contribution is 6.13. The number of carbonyl (C=O) groups excluding carboxylic acids is 1. The highest BCUT2D eigenvalue weighted by Gasteiger charge is 2.16. The summed E-state index contributed by atoms with van der Waals surface area (Å²) in [6.45, 7) is 2.88. The minimum atomic E-state index is -0.337. The molecule has 0 bridgehead atoms. The number of aromatic nitrogens is 1. The molecule has 7 nitrogen and oxygen atoms in total. The molecule has 0 saturated carbocycles. The lowest BCUT2D eigenvalue weighted by molar-refractivity contribution is -0.120. The van der Waals surface area contributed by atoms with Crippen LogP contribution in [0, 0.1) is 0 Å². The SMILES string of the molecule is O=C(CN1CCOCC1)N=Nc1c(O)[nH]c2ccc3ccccc3c12. The molecule has 0 spiro atoms. The Bertz CT molecular complexity index is 958. The first-order valence-corrected chi connectivity index (χ1v) is 8.19. The van der Waals surface area contributed by atoms with Crippen molar-refractivity contribution < 1.29 is 14.6 Å². The number of aromatic hydroxyl groups is 1. The average Bonchev–Trinajstić information content (AvgIpc) is 2.96. The van der Waals surface area contributed by atoms with Gasteiger partial charge in [0.05, 0.1) is 25.3 Å². The van der Waals surface area contributed by atoms with Crippen LogP contribution in [0.3, 0.4) is 0 Å². The Hall–Kier alpha value is -2.77. The van der Waals surface area contributed by atoms with Gasteiger partial charge in [0.2, 0.25) is 5.88 Å². The number of hydrogen-bond acceptors (Lipinski definition) is 5. The van der Waals surface area contributed by atoms with Gasteiger partial charge in [0.15, 0.2) is 5.69 Å². The third-order valence-corrected chi connectivity index (χ3v) is 4.37. The number of hydrogen-bond donors (Lipinski definition) is 2. The van der Waals surface area contributed by atoms with Crippen LogP contribution in [0.4, 0.5) is 5.69 Å². The van der Waals surface area contributed by atoms with E-state index >= 15 is 0 Å². The van der Waals surface area contributed by atoms with Crippen molar-refractivity contribution in [3.05, 3.63) is 36.4 Å². The molecule has 0 aliphatic carbocycles. The number of rotatable bonds is 3. The van der Waals surface area contributed by atoms with E-state index in [-0.39, 0.29) is 18.3 Å². The number of morpholine rings is 1. The lowest BCUT2D eigenvalue weighted by Crippen LogP contribution is -2.39. The number of carbonyl (C=O) groups is 1. The van der Waals surface area contributed by atoms with Crippen molar-refractivity contribution in [1.82, 2.24) is 9.88 Å². The van der Waals surface area contributed by atoms with E-state index in [1.807, 2.05) is 41.3 Å². The average molecular weight is 338 g/mol. The minimum Gasteiger partial charge on any atom is -0.493 e. The molecule has 2 aromatic carbocycles. The van der Waals surface area contributed by atoms with Crippen LogP contribution in [0.25, 0.3) is 21.7 Å². The fourth-order valence-corrected chi connectivity index (χ4v) is 3.12. The molecule has 1 aliphatic rings. The molecule has 128 valence electrons. The first-order valence-electron chi connectivity index (χ1n) is 8.19. The number of benzene rings is 2. The monoisotopic (exact) mass is 338 g/mol. The second-order valence-corrected chi connectivity index (χ2v) is 6.01. The third-order valence-electron chi connectivity index (χ3n) is 4.37. The molecular formula is C18H18N4O3. The van der Waals surface area contributed by atoms with E-state index in [2.05, 4.69) is 15.2 Å². The molecule has 0 atom stereocenters. The van der Waals surface area contributed by atoms with Gasteiger partial charge in [-0.1, -0.05) is 30.3 Å². The van der Waals surface area contributed by atoms with Gasteiger partial charge < -0.3 is 14.8 Å². The quantitative estimate of drug-likeness (QED) is 0.718. The maximum Gasteiger partial charge on any atom is 0.278 e. The van der Waals surface area contributed by atoms with E-state index in [0.29, 0.717) is 32.0 Å². The molecule has 2 N–H and O–H groups in total. The maximum atomic E-state index is 12.1. The number of aromatic amines is 1. The molecule has 1 aromatic heterocycles. The maximum absolute atomic E-state index is 12.1. The zero-order chi connectivity index (χ0) is 17.2. The molecule has 7 heteroatoms. The summed E-state index contributed by atoms with van der Waals surface area (Å²) in [5.74, 6) is -0.426. The van der Waals surface area contributed by atoms with Crippen LogP contribution < -0.4 is 0 Å². The molecule has 1 saturated heterocycles. The molecule has 1 aliphatic heterocycles. The lowest BCUT2D eigenvalue weighted by Gasteiger charge is -2.24. The Morgan fingerprint density at radius 1 is 1.20 bits per heavy atom. The molecule has 3 aromatic rings. The molecule has 1 amide bonds. The van der Waals surface area contributed by atoms with Gasteiger partial charge in [-0.3, -0.25) is 9.69 Å². The second-order valence-electron chi connectivity index (χ2n) is 6.01. The number of nitrogens with one attached hydrogen (secondary N) is 1. The van der Waals surface area contributed by atoms with Crippen molar-refractivity contribution in [1.29, 1.82) is 0 Å². The van der Waals surface area contributed by atoms with Crippen molar-refractivity contribution in [3.63, 3.8) is 0 Å². The van der Waals surface area contributed by atoms with Crippen molar-refractivity contribution in [2.45, 2.75) is 0 Å². The van der Waals surface area contributed by atoms with Gasteiger partial charge in [0.1, 0.15) is 0 Å². The van der Waals surface area contributed by atoms with Gasteiger partial charge in [0.25, 0.3) is 5.91 Å². The summed E-state index contributed by atoms with van der Waals surface area (Å²) in [7, 11) is 0. The van der Waals surface area contributed by atoms with E-state index in [0.717, 1.165) is 21.7 Å². The molecule has 25 heavy (non-hydrogen) atoms. The van der Waals surface area contributed by atoms with Gasteiger partial charge in [0, 0.05) is 18.5 Å². The molecule has 0 unspecified atom stereocenters. The molecule has 2 heterocycles. The van der Waals surface area contributed by atoms with Crippen LogP contribution >= 0.6 is 0 Å². The Balaban J connectivity index is 1.65. The largest absolute Gasteiger partial charge is 0.493 e. The van der Waals surface area contributed by atoms with Crippen LogP contribution in [-0.4, -0.2) is 53.7 Å². The predicted octanol–water partition coefficient (Wildman–Crippen LogP) is 2.97. The van der Waals surface area contributed by atoms with Gasteiger partial charge in [-0.2, -0.15) is 0 Å². The normalized spacial score (nSPS) is 16.2. The molecule has 4 rings (SSSR count). The summed E-state index contributed by atoms with van der Waals surface area (Å²) >= 11 is 0. The van der Waals surface area contributed by atoms with Crippen LogP contribution in [0.15, 0.2) is 46.6 Å². The number of amides is 1. The van der Waals surface area contributed by atoms with E-state index in [1.54, 1.807) is 0 Å². The lowest BCUT2D eigenvalue weighted by atomic mass is 10.1. The standard InChI is InChI=1S/C18H18N4O3/c23-15(11-22-7-9-25-10-8-22)20-21-17-16-13-4-2-1-3-12(13)5-6-14(16)19-18(17)24/h1-6,19,24H,7-11H2. The van der Waals surface area contributed by atoms with Crippen molar-refractivity contribution in [2.24, 2.45) is 10.2 Å². The van der Waals surface area contributed by atoms with Crippen LogP contribution in [0.2, 0.25) is 0 Å². The van der Waals surface area contributed by atoms with Gasteiger partial charge in [-0.15, -0.1) is 10.2 Å². The molecular weight excluding hydrogens is 320 g/mol. The predicted molar refractivity (Wildman–Crippen MR) is 94.3 cm³/mol. The Morgan fingerprint density at radius 3 is 2.84 bits per heavy atom. The fraction of sp³-hybridized carbons (Fsp3) is 0.278. The number of fused-ring (bicyclic) bond motifs is 3.